The molecule has 0 radical (unpaired) electrons. The lowest BCUT2D eigenvalue weighted by molar-refractivity contribution is 0.400. The van der Waals surface area contributed by atoms with Crippen LogP contribution in [-0.4, -0.2) is 0 Å². The molecular formula is C102H132. The molecule has 0 fully saturated rings. The zero-order chi connectivity index (χ0) is 70.8. The second kappa shape index (κ2) is 36.0. The SMILES string of the molecule is CCCCCCC1(CCCCCC)c2ccccc2-c2ccc(C(=C(c3ccc4c(c3)C(CCCCCC)(CCCCCC)c3ccccc3-4)c3ccc4c(c3)C(CCCCCC)(CCCCCC)c3ccccc3-4)c3ccc4c(c3)C(CCCCCC)(CCCCCC)c3ccccc3-4)cc21. The van der Waals surface area contributed by atoms with Crippen LogP contribution in [-0.2, 0) is 21.7 Å². The number of rotatable bonds is 44. The molecule has 0 nitrogen and oxygen atoms in total. The number of hydrogen-bond donors (Lipinski definition) is 0. The van der Waals surface area contributed by atoms with Crippen LogP contribution in [0.1, 0.15) is 379 Å². The predicted molar refractivity (Wildman–Crippen MR) is 446 cm³/mol. The summed E-state index contributed by atoms with van der Waals surface area (Å²) in [6.45, 7) is 19.1. The molecule has 0 bridgehead atoms. The Morgan fingerprint density at radius 1 is 0.176 bits per heavy atom. The summed E-state index contributed by atoms with van der Waals surface area (Å²) < 4.78 is 0. The van der Waals surface area contributed by atoms with Gasteiger partial charge in [-0.15, -0.1) is 0 Å². The minimum Gasteiger partial charge on any atom is -0.0654 e. The van der Waals surface area contributed by atoms with Gasteiger partial charge < -0.3 is 0 Å². The van der Waals surface area contributed by atoms with Crippen molar-refractivity contribution in [1.29, 1.82) is 0 Å². The molecule has 0 amide bonds. The fraction of sp³-hybridized carbons (Fsp3) is 0.510. The van der Waals surface area contributed by atoms with Crippen molar-refractivity contribution in [3.8, 4) is 44.5 Å². The summed E-state index contributed by atoms with van der Waals surface area (Å²) in [7, 11) is 0. The van der Waals surface area contributed by atoms with Gasteiger partial charge >= 0.3 is 0 Å². The molecule has 0 heterocycles. The average Bonchev–Trinajstić information content (AvgIpc) is 1.55. The lowest BCUT2D eigenvalue weighted by atomic mass is 9.68. The van der Waals surface area contributed by atoms with Gasteiger partial charge in [0.15, 0.2) is 0 Å². The largest absolute Gasteiger partial charge is 0.0654 e. The van der Waals surface area contributed by atoms with Gasteiger partial charge in [0.05, 0.1) is 0 Å². The van der Waals surface area contributed by atoms with E-state index in [1.807, 2.05) is 0 Å². The summed E-state index contributed by atoms with van der Waals surface area (Å²) in [6, 6.07) is 71.6. The van der Waals surface area contributed by atoms with Crippen molar-refractivity contribution in [1.82, 2.24) is 0 Å². The third-order valence-corrected chi connectivity index (χ3v) is 26.1. The first-order valence-electron chi connectivity index (χ1n) is 43.0. The lowest BCUT2D eigenvalue weighted by Crippen LogP contribution is -2.26. The molecule has 0 spiro atoms. The third-order valence-electron chi connectivity index (χ3n) is 26.1. The van der Waals surface area contributed by atoms with Crippen LogP contribution in [0.3, 0.4) is 0 Å². The molecule has 102 heavy (non-hydrogen) atoms. The summed E-state index contributed by atoms with van der Waals surface area (Å²) in [6.07, 6.45) is 50.3. The first kappa shape index (κ1) is 75.2. The molecule has 8 aromatic rings. The molecule has 0 N–H and O–H groups in total. The number of hydrogen-bond acceptors (Lipinski definition) is 0. The van der Waals surface area contributed by atoms with Crippen LogP contribution in [0.25, 0.3) is 55.7 Å². The van der Waals surface area contributed by atoms with Crippen molar-refractivity contribution < 1.29 is 0 Å². The molecular weight excluding hydrogens is 1230 g/mol. The van der Waals surface area contributed by atoms with E-state index < -0.39 is 0 Å². The minimum absolute atomic E-state index is 0.0661. The summed E-state index contributed by atoms with van der Waals surface area (Å²) in [4.78, 5) is 0. The Balaban J connectivity index is 1.21. The van der Waals surface area contributed by atoms with Gasteiger partial charge in [-0.1, -0.05) is 406 Å². The molecule has 0 saturated heterocycles. The van der Waals surface area contributed by atoms with Crippen LogP contribution in [0.15, 0.2) is 170 Å². The molecule has 4 aliphatic rings. The van der Waals surface area contributed by atoms with Crippen molar-refractivity contribution in [2.75, 3.05) is 0 Å². The fourth-order valence-corrected chi connectivity index (χ4v) is 20.8. The van der Waals surface area contributed by atoms with Gasteiger partial charge in [0.1, 0.15) is 0 Å². The smallest absolute Gasteiger partial charge is 0.0215 e. The summed E-state index contributed by atoms with van der Waals surface area (Å²) in [5.74, 6) is 0. The molecule has 8 aromatic carbocycles. The maximum absolute atomic E-state index is 2.85. The van der Waals surface area contributed by atoms with Gasteiger partial charge in [0.2, 0.25) is 0 Å². The van der Waals surface area contributed by atoms with Gasteiger partial charge in [-0.3, -0.25) is 0 Å². The first-order valence-corrected chi connectivity index (χ1v) is 43.0. The molecule has 0 aliphatic heterocycles. The standard InChI is InChI=1S/C102H132/c1-9-17-25-41-65-99(66-42-26-18-10-2)89-53-37-33-49-81(89)85-61-57-77(73-93(85)99)97(78-58-62-86-82-50-34-38-54-90(82)100(94(86)74-78,67-43-27-19-11-3)68-44-28-20-12-4)98(79-59-63-87-83-51-35-39-55-91(83)101(95(87)75-79,69-45-29-21-13-5)70-46-30-22-14-6)80-60-64-88-84-52-36-40-56-92(84)102(96(88)76-80,71-47-31-23-15-7)72-48-32-24-16-8/h33-40,49-64,73-76H,9-32,41-48,65-72H2,1-8H3. The molecule has 12 rings (SSSR count). The highest BCUT2D eigenvalue weighted by atomic mass is 14.5. The molecule has 0 atom stereocenters. The number of fused-ring (bicyclic) bond motifs is 12. The highest BCUT2D eigenvalue weighted by Gasteiger charge is 2.47. The Hall–Kier alpha value is -6.50. The van der Waals surface area contributed by atoms with Crippen molar-refractivity contribution in [2.24, 2.45) is 0 Å². The van der Waals surface area contributed by atoms with Gasteiger partial charge in [-0.25, -0.2) is 0 Å². The molecule has 0 unspecified atom stereocenters. The highest BCUT2D eigenvalue weighted by Crippen LogP contribution is 2.61. The average molecular weight is 1360 g/mol. The fourth-order valence-electron chi connectivity index (χ4n) is 20.8. The minimum atomic E-state index is -0.0661. The molecule has 0 heteroatoms. The van der Waals surface area contributed by atoms with E-state index in [9.17, 15) is 0 Å². The van der Waals surface area contributed by atoms with E-state index in [4.69, 9.17) is 0 Å². The Bertz CT molecular complexity index is 3470. The summed E-state index contributed by atoms with van der Waals surface area (Å²) in [5, 5.41) is 0. The van der Waals surface area contributed by atoms with Crippen LogP contribution < -0.4 is 0 Å². The van der Waals surface area contributed by atoms with E-state index in [2.05, 4.69) is 225 Å². The van der Waals surface area contributed by atoms with Crippen molar-refractivity contribution in [2.45, 2.75) is 334 Å². The van der Waals surface area contributed by atoms with Gasteiger partial charge in [-0.05, 0) is 198 Å². The molecule has 540 valence electrons. The van der Waals surface area contributed by atoms with Crippen LogP contribution in [0.2, 0.25) is 0 Å². The second-order valence-electron chi connectivity index (χ2n) is 32.8. The number of unbranched alkanes of at least 4 members (excludes halogenated alkanes) is 24. The van der Waals surface area contributed by atoms with Crippen molar-refractivity contribution >= 4 is 11.1 Å². The predicted octanol–water partition coefficient (Wildman–Crippen LogP) is 31.5. The highest BCUT2D eigenvalue weighted by molar-refractivity contribution is 6.07. The molecule has 4 aliphatic carbocycles. The molecule has 0 saturated carbocycles. The van der Waals surface area contributed by atoms with E-state index in [1.54, 1.807) is 44.5 Å². The van der Waals surface area contributed by atoms with E-state index in [1.165, 1.54) is 335 Å². The van der Waals surface area contributed by atoms with Gasteiger partial charge in [0.25, 0.3) is 0 Å². The van der Waals surface area contributed by atoms with E-state index >= 15 is 0 Å². The van der Waals surface area contributed by atoms with Crippen LogP contribution in [0.5, 0.6) is 0 Å². The van der Waals surface area contributed by atoms with Gasteiger partial charge in [0, 0.05) is 21.7 Å². The zero-order valence-corrected chi connectivity index (χ0v) is 65.5. The topological polar surface area (TPSA) is 0 Å². The maximum atomic E-state index is 2.85. The Morgan fingerprint density at radius 3 is 0.520 bits per heavy atom. The van der Waals surface area contributed by atoms with Crippen molar-refractivity contribution in [3.63, 3.8) is 0 Å². The summed E-state index contributed by atoms with van der Waals surface area (Å²) >= 11 is 0. The Morgan fingerprint density at radius 2 is 0.343 bits per heavy atom. The number of benzene rings is 8. The van der Waals surface area contributed by atoms with Gasteiger partial charge in [-0.2, -0.15) is 0 Å². The maximum Gasteiger partial charge on any atom is 0.0215 e. The van der Waals surface area contributed by atoms with Crippen LogP contribution in [0, 0.1) is 0 Å². The van der Waals surface area contributed by atoms with Crippen LogP contribution in [0.4, 0.5) is 0 Å². The zero-order valence-electron chi connectivity index (χ0n) is 65.5. The normalized spacial score (nSPS) is 14.8. The molecule has 0 aromatic heterocycles. The van der Waals surface area contributed by atoms with Crippen LogP contribution >= 0.6 is 0 Å². The van der Waals surface area contributed by atoms with E-state index in [0.29, 0.717) is 0 Å². The lowest BCUT2D eigenvalue weighted by Gasteiger charge is -2.35. The van der Waals surface area contributed by atoms with E-state index in [0.717, 1.165) is 0 Å². The Labute approximate surface area is 622 Å². The summed E-state index contributed by atoms with van der Waals surface area (Å²) in [5.41, 5.74) is 32.6. The first-order chi connectivity index (χ1) is 50.3. The van der Waals surface area contributed by atoms with Crippen molar-refractivity contribution in [3.05, 3.63) is 237 Å². The van der Waals surface area contributed by atoms with E-state index in [-0.39, 0.29) is 21.7 Å². The second-order valence-corrected chi connectivity index (χ2v) is 32.8. The Kier molecular flexibility index (Phi) is 26.5. The quantitative estimate of drug-likeness (QED) is 0.0264. The monoisotopic (exact) mass is 1360 g/mol. The third kappa shape index (κ3) is 15.2.